The van der Waals surface area contributed by atoms with Crippen LogP contribution in [-0.4, -0.2) is 24.5 Å². The van der Waals surface area contributed by atoms with Gasteiger partial charge in [-0.1, -0.05) is 91.0 Å². The van der Waals surface area contributed by atoms with Crippen molar-refractivity contribution in [2.45, 2.75) is 0 Å². The second-order valence-electron chi connectivity index (χ2n) is 11.9. The summed E-state index contributed by atoms with van der Waals surface area (Å²) in [4.78, 5) is 19.8. The molecule has 0 radical (unpaired) electrons. The first-order valence-electron chi connectivity index (χ1n) is 15.7. The molecule has 5 heteroatoms. The lowest BCUT2D eigenvalue weighted by atomic mass is 9.91. The number of nitrogens with zero attached hydrogens (tertiary/aromatic N) is 5. The van der Waals surface area contributed by atoms with Gasteiger partial charge < -0.3 is 0 Å². The van der Waals surface area contributed by atoms with E-state index in [1.807, 2.05) is 54.9 Å². The second-order valence-corrected chi connectivity index (χ2v) is 11.9. The molecular formula is C42H25N5. The maximum absolute atomic E-state index is 5.16. The van der Waals surface area contributed by atoms with Crippen LogP contribution in [0.1, 0.15) is 0 Å². The zero-order valence-electron chi connectivity index (χ0n) is 25.2. The van der Waals surface area contributed by atoms with Gasteiger partial charge in [-0.25, -0.2) is 15.0 Å². The number of fused-ring (bicyclic) bond motifs is 3. The predicted molar refractivity (Wildman–Crippen MR) is 192 cm³/mol. The van der Waals surface area contributed by atoms with Crippen molar-refractivity contribution in [3.8, 4) is 39.9 Å². The summed E-state index contributed by atoms with van der Waals surface area (Å²) in [5, 5.41) is 9.88. The largest absolute Gasteiger partial charge is 0.292 e. The topological polar surface area (TPSA) is 56.5 Å². The summed E-state index contributed by atoms with van der Waals surface area (Å²) in [6, 6.07) is 48.6. The molecule has 0 saturated carbocycles. The van der Waals surface area contributed by atoms with Gasteiger partial charge in [-0.3, -0.25) is 9.55 Å². The van der Waals surface area contributed by atoms with Crippen molar-refractivity contribution in [3.63, 3.8) is 0 Å². The van der Waals surface area contributed by atoms with Gasteiger partial charge in [0.2, 0.25) is 0 Å². The fourth-order valence-corrected chi connectivity index (χ4v) is 7.16. The minimum atomic E-state index is 0.790. The molecule has 5 heterocycles. The van der Waals surface area contributed by atoms with Crippen molar-refractivity contribution in [2.75, 3.05) is 0 Å². The second kappa shape index (κ2) is 10.0. The van der Waals surface area contributed by atoms with E-state index in [-0.39, 0.29) is 0 Å². The van der Waals surface area contributed by atoms with Gasteiger partial charge in [0.25, 0.3) is 0 Å². The van der Waals surface area contributed by atoms with E-state index in [2.05, 4.69) is 107 Å². The summed E-state index contributed by atoms with van der Waals surface area (Å²) < 4.78 is 2.17. The molecule has 0 bridgehead atoms. The van der Waals surface area contributed by atoms with E-state index in [1.165, 1.54) is 37.7 Å². The molecule has 0 spiro atoms. The molecule has 0 N–H and O–H groups in total. The smallest absolute Gasteiger partial charge is 0.138 e. The van der Waals surface area contributed by atoms with Gasteiger partial charge in [-0.2, -0.15) is 0 Å². The van der Waals surface area contributed by atoms with E-state index in [1.54, 1.807) is 0 Å². The van der Waals surface area contributed by atoms with Crippen LogP contribution in [0.15, 0.2) is 152 Å². The third-order valence-corrected chi connectivity index (χ3v) is 9.27. The van der Waals surface area contributed by atoms with Crippen molar-refractivity contribution in [2.24, 2.45) is 0 Å². The molecule has 0 fully saturated rings. The first kappa shape index (κ1) is 25.8. The van der Waals surface area contributed by atoms with E-state index in [0.29, 0.717) is 0 Å². The Hall–Kier alpha value is -6.46. The minimum Gasteiger partial charge on any atom is -0.292 e. The van der Waals surface area contributed by atoms with Crippen molar-refractivity contribution in [3.05, 3.63) is 152 Å². The highest BCUT2D eigenvalue weighted by molar-refractivity contribution is 6.25. The molecule has 47 heavy (non-hydrogen) atoms. The van der Waals surface area contributed by atoms with Crippen LogP contribution >= 0.6 is 0 Å². The number of aromatic nitrogens is 5. The fraction of sp³-hybridized carbons (Fsp3) is 0. The third-order valence-electron chi connectivity index (χ3n) is 9.27. The molecule has 0 aliphatic carbocycles. The molecule has 0 unspecified atom stereocenters. The Morgan fingerprint density at radius 3 is 1.79 bits per heavy atom. The maximum Gasteiger partial charge on any atom is 0.138 e. The lowest BCUT2D eigenvalue weighted by Gasteiger charge is -2.14. The first-order chi connectivity index (χ1) is 23.3. The normalized spacial score (nSPS) is 11.8. The van der Waals surface area contributed by atoms with Crippen molar-refractivity contribution < 1.29 is 0 Å². The molecule has 10 aromatic rings. The lowest BCUT2D eigenvalue weighted by molar-refractivity contribution is 1.07. The summed E-state index contributed by atoms with van der Waals surface area (Å²) in [7, 11) is 0. The van der Waals surface area contributed by atoms with Gasteiger partial charge in [0.05, 0.1) is 45.7 Å². The third kappa shape index (κ3) is 3.97. The Kier molecular flexibility index (Phi) is 5.51. The summed E-state index contributed by atoms with van der Waals surface area (Å²) in [5.41, 5.74) is 7.36. The van der Waals surface area contributed by atoms with E-state index in [9.17, 15) is 0 Å². The van der Waals surface area contributed by atoms with Gasteiger partial charge in [-0.15, -0.1) is 0 Å². The van der Waals surface area contributed by atoms with Crippen LogP contribution in [0.2, 0.25) is 0 Å². The van der Waals surface area contributed by atoms with E-state index in [0.717, 1.165) is 56.3 Å². The number of hydrogen-bond acceptors (Lipinski definition) is 4. The number of rotatable bonds is 4. The summed E-state index contributed by atoms with van der Waals surface area (Å²) in [5.74, 6) is 0.822. The average Bonchev–Trinajstić information content (AvgIpc) is 3.48. The quantitative estimate of drug-likeness (QED) is 0.189. The highest BCUT2D eigenvalue weighted by atomic mass is 15.1. The van der Waals surface area contributed by atoms with E-state index < -0.39 is 0 Å². The molecule has 0 amide bonds. The van der Waals surface area contributed by atoms with Gasteiger partial charge in [0, 0.05) is 22.5 Å². The van der Waals surface area contributed by atoms with Crippen molar-refractivity contribution in [1.29, 1.82) is 0 Å². The Morgan fingerprint density at radius 2 is 0.979 bits per heavy atom. The SMILES string of the molecule is c1cc(-c2cccc(-c3ccc4ccc5cccc6ccc3c4c56)n2)nc(-c2cccc(-n3c4ccccc4c4ccncc43)n2)c1. The molecule has 0 saturated heterocycles. The Morgan fingerprint density at radius 1 is 0.383 bits per heavy atom. The average molecular weight is 600 g/mol. The monoisotopic (exact) mass is 599 g/mol. The minimum absolute atomic E-state index is 0.790. The standard InChI is InChI=1S/C42H25N5/c1-2-15-38-30(9-1)31-23-24-43-25-39(31)47(38)40-16-6-14-37(46-40)36-13-5-12-35(45-36)34-11-4-10-33(44-34)29-21-19-28-18-17-26-7-3-8-27-20-22-32(29)42(28)41(26)27/h1-25H. The van der Waals surface area contributed by atoms with Gasteiger partial charge in [0.15, 0.2) is 0 Å². The van der Waals surface area contributed by atoms with Crippen LogP contribution in [0, 0.1) is 0 Å². The fourth-order valence-electron chi connectivity index (χ4n) is 7.16. The number of para-hydroxylation sites is 1. The Labute approximate surface area is 269 Å². The van der Waals surface area contributed by atoms with Crippen LogP contribution in [-0.2, 0) is 0 Å². The number of benzene rings is 5. The van der Waals surface area contributed by atoms with Crippen molar-refractivity contribution in [1.82, 2.24) is 24.5 Å². The molecular weight excluding hydrogens is 574 g/mol. The van der Waals surface area contributed by atoms with Crippen LogP contribution in [0.3, 0.4) is 0 Å². The van der Waals surface area contributed by atoms with Gasteiger partial charge >= 0.3 is 0 Å². The van der Waals surface area contributed by atoms with Crippen LogP contribution in [0.5, 0.6) is 0 Å². The Balaban J connectivity index is 1.07. The van der Waals surface area contributed by atoms with Gasteiger partial charge in [-0.05, 0) is 80.8 Å². The van der Waals surface area contributed by atoms with Crippen LogP contribution in [0.25, 0.3) is 94.0 Å². The summed E-state index contributed by atoms with van der Waals surface area (Å²) >= 11 is 0. The lowest BCUT2D eigenvalue weighted by Crippen LogP contribution is -1.99. The Bertz CT molecular complexity index is 2740. The molecule has 0 aliphatic heterocycles. The number of pyridine rings is 4. The maximum atomic E-state index is 5.16. The zero-order valence-corrected chi connectivity index (χ0v) is 25.2. The van der Waals surface area contributed by atoms with E-state index in [4.69, 9.17) is 15.0 Å². The van der Waals surface area contributed by atoms with Crippen LogP contribution < -0.4 is 0 Å². The molecule has 0 aliphatic rings. The molecule has 5 aromatic carbocycles. The van der Waals surface area contributed by atoms with Gasteiger partial charge in [0.1, 0.15) is 5.82 Å². The highest BCUT2D eigenvalue weighted by Crippen LogP contribution is 2.39. The zero-order chi connectivity index (χ0) is 30.9. The van der Waals surface area contributed by atoms with E-state index >= 15 is 0 Å². The molecule has 5 aromatic heterocycles. The summed E-state index contributed by atoms with van der Waals surface area (Å²) in [6.07, 6.45) is 3.74. The molecule has 218 valence electrons. The molecule has 0 atom stereocenters. The highest BCUT2D eigenvalue weighted by Gasteiger charge is 2.16. The van der Waals surface area contributed by atoms with Crippen LogP contribution in [0.4, 0.5) is 0 Å². The summed E-state index contributed by atoms with van der Waals surface area (Å²) in [6.45, 7) is 0. The molecule has 5 nitrogen and oxygen atoms in total. The first-order valence-corrected chi connectivity index (χ1v) is 15.7. The molecule has 10 rings (SSSR count). The predicted octanol–water partition coefficient (Wildman–Crippen LogP) is 10.3. The van der Waals surface area contributed by atoms with Crippen molar-refractivity contribution >= 4 is 54.1 Å². The number of hydrogen-bond donors (Lipinski definition) is 0.